The maximum absolute atomic E-state index is 11.5. The van der Waals surface area contributed by atoms with Crippen LogP contribution in [0.5, 0.6) is 5.75 Å². The molecular formula is C11H16O3S. The monoisotopic (exact) mass is 228 g/mol. The predicted octanol–water partition coefficient (Wildman–Crippen LogP) is 1.32. The molecule has 0 saturated carbocycles. The Morgan fingerprint density at radius 3 is 2.47 bits per heavy atom. The van der Waals surface area contributed by atoms with E-state index in [0.717, 1.165) is 11.3 Å². The van der Waals surface area contributed by atoms with E-state index in [1.807, 2.05) is 24.3 Å². The first-order valence-electron chi connectivity index (χ1n) is 4.78. The lowest BCUT2D eigenvalue weighted by Crippen LogP contribution is -2.13. The lowest BCUT2D eigenvalue weighted by molar-refractivity contribution is 0.219. The van der Waals surface area contributed by atoms with Crippen molar-refractivity contribution in [2.75, 3.05) is 12.9 Å². The number of rotatable bonds is 5. The molecule has 3 nitrogen and oxygen atoms in total. The molecule has 0 aliphatic carbocycles. The van der Waals surface area contributed by atoms with Gasteiger partial charge in [0.05, 0.1) is 13.2 Å². The number of aliphatic hydroxyl groups excluding tert-OH is 1. The second-order valence-corrected chi connectivity index (χ2v) is 4.95. The number of hydrogen-bond donors (Lipinski definition) is 1. The molecule has 0 fully saturated rings. The summed E-state index contributed by atoms with van der Waals surface area (Å²) in [6.45, 7) is 1.64. The van der Waals surface area contributed by atoms with Crippen molar-refractivity contribution in [2.45, 2.75) is 18.8 Å². The van der Waals surface area contributed by atoms with Crippen LogP contribution in [0, 0.1) is 0 Å². The highest BCUT2D eigenvalue weighted by molar-refractivity contribution is 7.84. The molecular weight excluding hydrogens is 212 g/mol. The number of aliphatic hydroxyl groups is 1. The second kappa shape index (κ2) is 5.88. The Morgan fingerprint density at radius 2 is 2.00 bits per heavy atom. The summed E-state index contributed by atoms with van der Waals surface area (Å²) in [5.74, 6) is 1.60. The first-order chi connectivity index (χ1) is 7.11. The molecule has 0 radical (unpaired) electrons. The van der Waals surface area contributed by atoms with Crippen LogP contribution in [0.15, 0.2) is 24.3 Å². The summed E-state index contributed by atoms with van der Waals surface area (Å²) in [4.78, 5) is 0. The minimum Gasteiger partial charge on any atom is -0.497 e. The molecule has 2 unspecified atom stereocenters. The normalized spacial score (nSPS) is 14.6. The number of methoxy groups -OCH3 is 1. The van der Waals surface area contributed by atoms with E-state index in [1.165, 1.54) is 0 Å². The van der Waals surface area contributed by atoms with Gasteiger partial charge in [0, 0.05) is 22.3 Å². The molecule has 84 valence electrons. The quantitative estimate of drug-likeness (QED) is 0.827. The third-order valence-corrected chi connectivity index (χ3v) is 3.42. The Kier molecular flexibility index (Phi) is 4.78. The Bertz CT molecular complexity index is 319. The van der Waals surface area contributed by atoms with E-state index in [0.29, 0.717) is 11.5 Å². The van der Waals surface area contributed by atoms with Crippen LogP contribution in [0.2, 0.25) is 0 Å². The Balaban J connectivity index is 2.53. The second-order valence-electron chi connectivity index (χ2n) is 3.45. The molecule has 1 N–H and O–H groups in total. The molecule has 15 heavy (non-hydrogen) atoms. The third-order valence-electron chi connectivity index (χ3n) is 1.91. The maximum Gasteiger partial charge on any atom is 0.118 e. The van der Waals surface area contributed by atoms with E-state index in [9.17, 15) is 4.21 Å². The standard InChI is InChI=1S/C11H16O3S/c1-9(12)7-15(13)8-10-3-5-11(14-2)6-4-10/h3-6,9,12H,7-8H2,1-2H3. The maximum atomic E-state index is 11.5. The SMILES string of the molecule is COc1ccc(CS(=O)CC(C)O)cc1. The molecule has 0 heterocycles. The number of ether oxygens (including phenoxy) is 1. The summed E-state index contributed by atoms with van der Waals surface area (Å²) in [6, 6.07) is 7.46. The van der Waals surface area contributed by atoms with E-state index >= 15 is 0 Å². The van der Waals surface area contributed by atoms with Crippen molar-refractivity contribution in [3.8, 4) is 5.75 Å². The number of benzene rings is 1. The summed E-state index contributed by atoms with van der Waals surface area (Å²) < 4.78 is 16.5. The van der Waals surface area contributed by atoms with Crippen LogP contribution < -0.4 is 4.74 Å². The van der Waals surface area contributed by atoms with Crippen molar-refractivity contribution in [1.82, 2.24) is 0 Å². The van der Waals surface area contributed by atoms with Gasteiger partial charge in [0.15, 0.2) is 0 Å². The Morgan fingerprint density at radius 1 is 1.40 bits per heavy atom. The molecule has 2 atom stereocenters. The first-order valence-corrected chi connectivity index (χ1v) is 6.26. The van der Waals surface area contributed by atoms with Crippen molar-refractivity contribution >= 4 is 10.8 Å². The van der Waals surface area contributed by atoms with Crippen molar-refractivity contribution in [2.24, 2.45) is 0 Å². The molecule has 0 saturated heterocycles. The fourth-order valence-electron chi connectivity index (χ4n) is 1.24. The fourth-order valence-corrected chi connectivity index (χ4v) is 2.46. The van der Waals surface area contributed by atoms with Gasteiger partial charge in [0.1, 0.15) is 5.75 Å². The van der Waals surface area contributed by atoms with Crippen LogP contribution in [-0.4, -0.2) is 28.3 Å². The van der Waals surface area contributed by atoms with E-state index in [4.69, 9.17) is 9.84 Å². The van der Waals surface area contributed by atoms with Gasteiger partial charge in [-0.3, -0.25) is 4.21 Å². The highest BCUT2D eigenvalue weighted by atomic mass is 32.2. The van der Waals surface area contributed by atoms with Gasteiger partial charge in [-0.25, -0.2) is 0 Å². The summed E-state index contributed by atoms with van der Waals surface area (Å²) in [6.07, 6.45) is -0.510. The van der Waals surface area contributed by atoms with E-state index in [2.05, 4.69) is 0 Å². The Labute approximate surface area is 92.5 Å². The summed E-state index contributed by atoms with van der Waals surface area (Å²) >= 11 is 0. The van der Waals surface area contributed by atoms with Gasteiger partial charge < -0.3 is 9.84 Å². The third kappa shape index (κ3) is 4.44. The van der Waals surface area contributed by atoms with Gasteiger partial charge >= 0.3 is 0 Å². The van der Waals surface area contributed by atoms with Gasteiger partial charge in [-0.2, -0.15) is 0 Å². The van der Waals surface area contributed by atoms with Gasteiger partial charge in [-0.15, -0.1) is 0 Å². The minimum absolute atomic E-state index is 0.325. The van der Waals surface area contributed by atoms with Crippen molar-refractivity contribution in [1.29, 1.82) is 0 Å². The van der Waals surface area contributed by atoms with Gasteiger partial charge in [-0.1, -0.05) is 12.1 Å². The van der Waals surface area contributed by atoms with Crippen LogP contribution in [-0.2, 0) is 16.6 Å². The first kappa shape index (κ1) is 12.2. The average molecular weight is 228 g/mol. The largest absolute Gasteiger partial charge is 0.497 e. The zero-order valence-electron chi connectivity index (χ0n) is 8.97. The van der Waals surface area contributed by atoms with Crippen molar-refractivity contribution in [3.63, 3.8) is 0 Å². The average Bonchev–Trinajstić information content (AvgIpc) is 2.17. The van der Waals surface area contributed by atoms with Crippen molar-refractivity contribution < 1.29 is 14.1 Å². The molecule has 1 aromatic rings. The van der Waals surface area contributed by atoms with Crippen molar-refractivity contribution in [3.05, 3.63) is 29.8 Å². The number of hydrogen-bond acceptors (Lipinski definition) is 3. The molecule has 0 bridgehead atoms. The van der Waals surface area contributed by atoms with Gasteiger partial charge in [0.25, 0.3) is 0 Å². The molecule has 0 aliphatic heterocycles. The summed E-state index contributed by atoms with van der Waals surface area (Å²) in [5.41, 5.74) is 0.995. The molecule has 0 spiro atoms. The van der Waals surface area contributed by atoms with E-state index < -0.39 is 16.9 Å². The van der Waals surface area contributed by atoms with E-state index in [1.54, 1.807) is 14.0 Å². The van der Waals surface area contributed by atoms with Crippen LogP contribution in [0.1, 0.15) is 12.5 Å². The fraction of sp³-hybridized carbons (Fsp3) is 0.455. The topological polar surface area (TPSA) is 46.5 Å². The predicted molar refractivity (Wildman–Crippen MR) is 61.4 cm³/mol. The van der Waals surface area contributed by atoms with Crippen LogP contribution >= 0.6 is 0 Å². The summed E-state index contributed by atoms with van der Waals surface area (Å²) in [5, 5.41) is 9.07. The van der Waals surface area contributed by atoms with E-state index in [-0.39, 0.29) is 0 Å². The smallest absolute Gasteiger partial charge is 0.118 e. The highest BCUT2D eigenvalue weighted by Crippen LogP contribution is 2.12. The zero-order chi connectivity index (χ0) is 11.3. The Hall–Kier alpha value is -0.870. The molecule has 4 heteroatoms. The van der Waals surface area contributed by atoms with Crippen LogP contribution in [0.3, 0.4) is 0 Å². The summed E-state index contributed by atoms with van der Waals surface area (Å²) in [7, 11) is 0.611. The minimum atomic E-state index is -1.00. The lowest BCUT2D eigenvalue weighted by Gasteiger charge is -2.05. The molecule has 0 aromatic heterocycles. The molecule has 1 rings (SSSR count). The zero-order valence-corrected chi connectivity index (χ0v) is 9.79. The lowest BCUT2D eigenvalue weighted by atomic mass is 10.2. The molecule has 0 aliphatic rings. The van der Waals surface area contributed by atoms with Gasteiger partial charge in [0.2, 0.25) is 0 Å². The molecule has 1 aromatic carbocycles. The van der Waals surface area contributed by atoms with Crippen LogP contribution in [0.25, 0.3) is 0 Å². The molecule has 0 amide bonds. The van der Waals surface area contributed by atoms with Crippen LogP contribution in [0.4, 0.5) is 0 Å². The highest BCUT2D eigenvalue weighted by Gasteiger charge is 2.05. The van der Waals surface area contributed by atoms with Gasteiger partial charge in [-0.05, 0) is 24.6 Å².